The lowest BCUT2D eigenvalue weighted by atomic mass is 10.1. The van der Waals surface area contributed by atoms with Gasteiger partial charge in [-0.1, -0.05) is 31.2 Å². The second kappa shape index (κ2) is 6.86. The van der Waals surface area contributed by atoms with E-state index in [1.165, 1.54) is 0 Å². The molecule has 17 heavy (non-hydrogen) atoms. The first-order valence-corrected chi connectivity index (χ1v) is 5.78. The number of esters is 1. The molecule has 0 bridgehead atoms. The largest absolute Gasteiger partial charge is 0.463 e. The highest BCUT2D eigenvalue weighted by molar-refractivity contribution is 5.93. The summed E-state index contributed by atoms with van der Waals surface area (Å²) in [5.74, 6) is -0.263. The third-order valence-corrected chi connectivity index (χ3v) is 2.42. The van der Waals surface area contributed by atoms with E-state index in [9.17, 15) is 4.79 Å². The molecule has 0 saturated heterocycles. The van der Waals surface area contributed by atoms with E-state index in [-0.39, 0.29) is 12.6 Å². The van der Waals surface area contributed by atoms with Crippen molar-refractivity contribution in [3.8, 4) is 0 Å². The number of hydrogen-bond donors (Lipinski definition) is 1. The summed E-state index contributed by atoms with van der Waals surface area (Å²) < 4.78 is 4.96. The summed E-state index contributed by atoms with van der Waals surface area (Å²) >= 11 is 0. The summed E-state index contributed by atoms with van der Waals surface area (Å²) in [5.41, 5.74) is 2.45. The summed E-state index contributed by atoms with van der Waals surface area (Å²) in [7, 11) is 0. The fraction of sp³-hybridized carbons (Fsp3) is 0.357. The van der Waals surface area contributed by atoms with Crippen molar-refractivity contribution in [2.24, 2.45) is 0 Å². The highest BCUT2D eigenvalue weighted by Crippen LogP contribution is 2.12. The zero-order valence-corrected chi connectivity index (χ0v) is 10.3. The van der Waals surface area contributed by atoms with Crippen LogP contribution in [0.4, 0.5) is 0 Å². The van der Waals surface area contributed by atoms with Gasteiger partial charge in [0.1, 0.15) is 0 Å². The number of benzene rings is 1. The van der Waals surface area contributed by atoms with Crippen LogP contribution < -0.4 is 0 Å². The summed E-state index contributed by atoms with van der Waals surface area (Å²) in [6.45, 7) is 4.13. The molecule has 0 aromatic heterocycles. The maximum atomic E-state index is 11.6. The maximum Gasteiger partial charge on any atom is 0.333 e. The van der Waals surface area contributed by atoms with E-state index in [0.29, 0.717) is 18.6 Å². The zero-order valence-electron chi connectivity index (χ0n) is 10.3. The lowest BCUT2D eigenvalue weighted by Gasteiger charge is -2.04. The van der Waals surface area contributed by atoms with Crippen LogP contribution in [0.15, 0.2) is 29.8 Å². The van der Waals surface area contributed by atoms with E-state index in [2.05, 4.69) is 0 Å². The minimum absolute atomic E-state index is 0.0303. The first kappa shape index (κ1) is 13.5. The average molecular weight is 234 g/mol. The van der Waals surface area contributed by atoms with Crippen LogP contribution in [0.1, 0.15) is 31.4 Å². The molecule has 0 fully saturated rings. The Labute approximate surface area is 102 Å². The minimum Gasteiger partial charge on any atom is -0.463 e. The van der Waals surface area contributed by atoms with Crippen molar-refractivity contribution in [3.63, 3.8) is 0 Å². The van der Waals surface area contributed by atoms with Crippen LogP contribution in [0, 0.1) is 0 Å². The average Bonchev–Trinajstić information content (AvgIpc) is 2.37. The first-order chi connectivity index (χ1) is 8.21. The molecule has 92 valence electrons. The molecule has 1 aromatic rings. The molecule has 0 spiro atoms. The standard InChI is InChI=1S/C14H18O3/c1-3-13(14(16)17-4-2)9-11-5-7-12(10-15)8-6-11/h5-9,15H,3-4,10H2,1-2H3. The van der Waals surface area contributed by atoms with E-state index in [1.54, 1.807) is 6.92 Å². The minimum atomic E-state index is -0.263. The van der Waals surface area contributed by atoms with Crippen LogP contribution in [0.25, 0.3) is 6.08 Å². The molecule has 0 amide bonds. The van der Waals surface area contributed by atoms with Gasteiger partial charge < -0.3 is 9.84 Å². The molecule has 0 aliphatic carbocycles. The lowest BCUT2D eigenvalue weighted by molar-refractivity contribution is -0.138. The van der Waals surface area contributed by atoms with Gasteiger partial charge >= 0.3 is 5.97 Å². The fourth-order valence-corrected chi connectivity index (χ4v) is 1.45. The van der Waals surface area contributed by atoms with E-state index < -0.39 is 0 Å². The molecular formula is C14H18O3. The maximum absolute atomic E-state index is 11.6. The first-order valence-electron chi connectivity index (χ1n) is 5.78. The molecule has 0 unspecified atom stereocenters. The van der Waals surface area contributed by atoms with E-state index in [1.807, 2.05) is 37.3 Å². The summed E-state index contributed by atoms with van der Waals surface area (Å²) in [5, 5.41) is 8.93. The Morgan fingerprint density at radius 1 is 1.29 bits per heavy atom. The van der Waals surface area contributed by atoms with Gasteiger partial charge in [-0.15, -0.1) is 0 Å². The van der Waals surface area contributed by atoms with Gasteiger partial charge in [-0.3, -0.25) is 0 Å². The van der Waals surface area contributed by atoms with Crippen molar-refractivity contribution < 1.29 is 14.6 Å². The smallest absolute Gasteiger partial charge is 0.333 e. The van der Waals surface area contributed by atoms with Gasteiger partial charge in [0.25, 0.3) is 0 Å². The molecule has 0 atom stereocenters. The summed E-state index contributed by atoms with van der Waals surface area (Å²) in [6, 6.07) is 7.43. The lowest BCUT2D eigenvalue weighted by Crippen LogP contribution is -2.06. The molecule has 0 saturated carbocycles. The monoisotopic (exact) mass is 234 g/mol. The predicted molar refractivity (Wildman–Crippen MR) is 67.3 cm³/mol. The third-order valence-electron chi connectivity index (χ3n) is 2.42. The topological polar surface area (TPSA) is 46.5 Å². The van der Waals surface area contributed by atoms with Gasteiger partial charge in [0.05, 0.1) is 13.2 Å². The van der Waals surface area contributed by atoms with Crippen molar-refractivity contribution in [1.82, 2.24) is 0 Å². The van der Waals surface area contributed by atoms with Gasteiger partial charge in [-0.25, -0.2) is 4.79 Å². The molecule has 1 rings (SSSR count). The van der Waals surface area contributed by atoms with Gasteiger partial charge in [0.15, 0.2) is 0 Å². The molecular weight excluding hydrogens is 216 g/mol. The predicted octanol–water partition coefficient (Wildman–Crippen LogP) is 2.54. The van der Waals surface area contributed by atoms with Gasteiger partial charge in [-0.2, -0.15) is 0 Å². The number of aliphatic hydroxyl groups is 1. The number of carbonyl (C=O) groups excluding carboxylic acids is 1. The number of ether oxygens (including phenoxy) is 1. The fourth-order valence-electron chi connectivity index (χ4n) is 1.45. The van der Waals surface area contributed by atoms with Crippen molar-refractivity contribution in [2.75, 3.05) is 6.61 Å². The molecule has 0 heterocycles. The molecule has 1 aromatic carbocycles. The van der Waals surface area contributed by atoms with Gasteiger partial charge in [0.2, 0.25) is 0 Å². The van der Waals surface area contributed by atoms with Crippen LogP contribution >= 0.6 is 0 Å². The van der Waals surface area contributed by atoms with Crippen molar-refractivity contribution >= 4 is 12.0 Å². The van der Waals surface area contributed by atoms with Crippen molar-refractivity contribution in [2.45, 2.75) is 26.9 Å². The Morgan fingerprint density at radius 2 is 1.94 bits per heavy atom. The van der Waals surface area contributed by atoms with Gasteiger partial charge in [-0.05, 0) is 30.5 Å². The Kier molecular flexibility index (Phi) is 5.43. The van der Waals surface area contributed by atoms with Crippen LogP contribution in [0.2, 0.25) is 0 Å². The third kappa shape index (κ3) is 4.04. The highest BCUT2D eigenvalue weighted by Gasteiger charge is 2.07. The van der Waals surface area contributed by atoms with Gasteiger partial charge in [0, 0.05) is 5.57 Å². The Morgan fingerprint density at radius 3 is 2.41 bits per heavy atom. The van der Waals surface area contributed by atoms with Crippen LogP contribution in [-0.2, 0) is 16.1 Å². The van der Waals surface area contributed by atoms with Crippen LogP contribution in [-0.4, -0.2) is 17.7 Å². The Balaban J connectivity index is 2.86. The second-order valence-electron chi connectivity index (χ2n) is 3.64. The number of aliphatic hydroxyl groups excluding tert-OH is 1. The second-order valence-corrected chi connectivity index (χ2v) is 3.64. The molecule has 0 aliphatic heterocycles. The molecule has 1 N–H and O–H groups in total. The zero-order chi connectivity index (χ0) is 12.7. The Hall–Kier alpha value is -1.61. The number of carbonyl (C=O) groups is 1. The van der Waals surface area contributed by atoms with E-state index in [4.69, 9.17) is 9.84 Å². The SMILES string of the molecule is CCOC(=O)C(=Cc1ccc(CO)cc1)CC. The Bertz CT molecular complexity index is 390. The molecule has 0 radical (unpaired) electrons. The van der Waals surface area contributed by atoms with E-state index >= 15 is 0 Å². The van der Waals surface area contributed by atoms with Crippen molar-refractivity contribution in [3.05, 3.63) is 41.0 Å². The summed E-state index contributed by atoms with van der Waals surface area (Å²) in [4.78, 5) is 11.6. The number of rotatable bonds is 5. The summed E-state index contributed by atoms with van der Waals surface area (Å²) in [6.07, 6.45) is 2.46. The van der Waals surface area contributed by atoms with E-state index in [0.717, 1.165) is 11.1 Å². The van der Waals surface area contributed by atoms with Crippen LogP contribution in [0.5, 0.6) is 0 Å². The van der Waals surface area contributed by atoms with Crippen LogP contribution in [0.3, 0.4) is 0 Å². The quantitative estimate of drug-likeness (QED) is 0.629. The normalized spacial score (nSPS) is 11.4. The molecule has 3 nitrogen and oxygen atoms in total. The number of hydrogen-bond acceptors (Lipinski definition) is 3. The molecule has 0 aliphatic rings. The van der Waals surface area contributed by atoms with Crippen molar-refractivity contribution in [1.29, 1.82) is 0 Å². The molecule has 3 heteroatoms. The highest BCUT2D eigenvalue weighted by atomic mass is 16.5.